The van der Waals surface area contributed by atoms with Crippen molar-refractivity contribution in [2.75, 3.05) is 6.54 Å². The highest BCUT2D eigenvalue weighted by Gasteiger charge is 2.22. The van der Waals surface area contributed by atoms with Crippen LogP contribution in [0, 0.1) is 17.5 Å². The van der Waals surface area contributed by atoms with E-state index in [-0.39, 0.29) is 12.1 Å². The van der Waals surface area contributed by atoms with Crippen molar-refractivity contribution < 1.29 is 18.3 Å². The van der Waals surface area contributed by atoms with Gasteiger partial charge in [-0.15, -0.1) is 0 Å². The van der Waals surface area contributed by atoms with Gasteiger partial charge in [0.2, 0.25) is 0 Å². The number of nitrogens with two attached hydrogens (primary N) is 1. The minimum atomic E-state index is -1.17. The lowest BCUT2D eigenvalue weighted by Gasteiger charge is -2.22. The van der Waals surface area contributed by atoms with Gasteiger partial charge in [-0.1, -0.05) is 12.1 Å². The number of aliphatic hydroxyl groups is 1. The highest BCUT2D eigenvalue weighted by molar-refractivity contribution is 5.28. The Balaban J connectivity index is 2.33. The standard InChI is InChI=1S/C15H14F3NO/c16-11-3-1-9(2-4-11)14(8-19)15(20)10-5-12(17)7-13(18)6-10/h1-7,14-15,20H,8,19H2. The highest BCUT2D eigenvalue weighted by atomic mass is 19.1. The van der Waals surface area contributed by atoms with Gasteiger partial charge in [0, 0.05) is 18.5 Å². The van der Waals surface area contributed by atoms with Crippen LogP contribution >= 0.6 is 0 Å². The molecule has 5 heteroatoms. The molecule has 0 radical (unpaired) electrons. The number of hydrogen-bond acceptors (Lipinski definition) is 2. The van der Waals surface area contributed by atoms with Crippen LogP contribution in [0.2, 0.25) is 0 Å². The Morgan fingerprint density at radius 3 is 1.90 bits per heavy atom. The van der Waals surface area contributed by atoms with Crippen molar-refractivity contribution in [3.05, 3.63) is 71.0 Å². The van der Waals surface area contributed by atoms with Gasteiger partial charge < -0.3 is 10.8 Å². The molecule has 0 bridgehead atoms. The van der Waals surface area contributed by atoms with Crippen molar-refractivity contribution in [3.63, 3.8) is 0 Å². The van der Waals surface area contributed by atoms with Crippen LogP contribution in [0.1, 0.15) is 23.1 Å². The predicted molar refractivity (Wildman–Crippen MR) is 69.5 cm³/mol. The molecule has 20 heavy (non-hydrogen) atoms. The fourth-order valence-electron chi connectivity index (χ4n) is 2.14. The van der Waals surface area contributed by atoms with Gasteiger partial charge in [-0.2, -0.15) is 0 Å². The molecule has 0 saturated carbocycles. The zero-order valence-electron chi connectivity index (χ0n) is 10.6. The maximum absolute atomic E-state index is 13.2. The van der Waals surface area contributed by atoms with Crippen molar-refractivity contribution in [3.8, 4) is 0 Å². The third kappa shape index (κ3) is 3.18. The van der Waals surface area contributed by atoms with Crippen LogP contribution in [0.5, 0.6) is 0 Å². The molecule has 0 amide bonds. The van der Waals surface area contributed by atoms with Gasteiger partial charge in [0.15, 0.2) is 0 Å². The second-order valence-corrected chi connectivity index (χ2v) is 4.54. The maximum atomic E-state index is 13.2. The summed E-state index contributed by atoms with van der Waals surface area (Å²) >= 11 is 0. The quantitative estimate of drug-likeness (QED) is 0.905. The van der Waals surface area contributed by atoms with E-state index in [1.807, 2.05) is 0 Å². The highest BCUT2D eigenvalue weighted by Crippen LogP contribution is 2.31. The molecule has 2 unspecified atom stereocenters. The van der Waals surface area contributed by atoms with Crippen LogP contribution in [-0.4, -0.2) is 11.7 Å². The summed E-state index contributed by atoms with van der Waals surface area (Å²) in [5.41, 5.74) is 6.32. The van der Waals surface area contributed by atoms with Crippen molar-refractivity contribution in [2.45, 2.75) is 12.0 Å². The Morgan fingerprint density at radius 1 is 0.850 bits per heavy atom. The maximum Gasteiger partial charge on any atom is 0.126 e. The molecule has 106 valence electrons. The summed E-state index contributed by atoms with van der Waals surface area (Å²) in [4.78, 5) is 0. The Morgan fingerprint density at radius 2 is 1.40 bits per heavy atom. The molecule has 3 N–H and O–H groups in total. The van der Waals surface area contributed by atoms with E-state index in [1.165, 1.54) is 24.3 Å². The zero-order valence-corrected chi connectivity index (χ0v) is 10.6. The summed E-state index contributed by atoms with van der Waals surface area (Å²) in [5.74, 6) is -2.52. The van der Waals surface area contributed by atoms with Crippen molar-refractivity contribution in [1.82, 2.24) is 0 Å². The first-order valence-corrected chi connectivity index (χ1v) is 6.11. The van der Waals surface area contributed by atoms with Crippen LogP contribution in [0.15, 0.2) is 42.5 Å². The average molecular weight is 281 g/mol. The number of benzene rings is 2. The second-order valence-electron chi connectivity index (χ2n) is 4.54. The Bertz CT molecular complexity index is 566. The third-order valence-electron chi connectivity index (χ3n) is 3.16. The number of halogens is 3. The predicted octanol–water partition coefficient (Wildman–Crippen LogP) is 2.88. The monoisotopic (exact) mass is 281 g/mol. The fraction of sp³-hybridized carbons (Fsp3) is 0.200. The summed E-state index contributed by atoms with van der Waals surface area (Å²) in [6, 6.07) is 8.32. The van der Waals surface area contributed by atoms with Gasteiger partial charge in [0.25, 0.3) is 0 Å². The van der Waals surface area contributed by atoms with E-state index in [9.17, 15) is 18.3 Å². The molecule has 2 rings (SSSR count). The summed E-state index contributed by atoms with van der Waals surface area (Å²) in [7, 11) is 0. The number of rotatable bonds is 4. The van der Waals surface area contributed by atoms with Crippen LogP contribution < -0.4 is 5.73 Å². The lowest BCUT2D eigenvalue weighted by atomic mass is 9.89. The first-order valence-electron chi connectivity index (χ1n) is 6.11. The van der Waals surface area contributed by atoms with E-state index in [0.717, 1.165) is 18.2 Å². The minimum absolute atomic E-state index is 0.0604. The number of hydrogen-bond donors (Lipinski definition) is 2. The molecular weight excluding hydrogens is 267 g/mol. The molecule has 2 nitrogen and oxygen atoms in total. The van der Waals surface area contributed by atoms with Gasteiger partial charge in [-0.05, 0) is 35.4 Å². The Kier molecular flexibility index (Phi) is 4.42. The molecule has 2 atom stereocenters. The van der Waals surface area contributed by atoms with Crippen LogP contribution in [0.4, 0.5) is 13.2 Å². The Hall–Kier alpha value is -1.85. The SMILES string of the molecule is NCC(c1ccc(F)cc1)C(O)c1cc(F)cc(F)c1. The van der Waals surface area contributed by atoms with Gasteiger partial charge in [0.1, 0.15) is 17.5 Å². The molecule has 0 saturated heterocycles. The van der Waals surface area contributed by atoms with Crippen LogP contribution in [0.25, 0.3) is 0 Å². The summed E-state index contributed by atoms with van der Waals surface area (Å²) in [5, 5.41) is 10.2. The van der Waals surface area contributed by atoms with Gasteiger partial charge in [-0.3, -0.25) is 0 Å². The fourth-order valence-corrected chi connectivity index (χ4v) is 2.14. The first kappa shape index (κ1) is 14.6. The van der Waals surface area contributed by atoms with E-state index >= 15 is 0 Å². The average Bonchev–Trinajstić information content (AvgIpc) is 2.40. The Labute approximate surface area is 114 Å². The molecule has 0 fully saturated rings. The summed E-state index contributed by atoms with van der Waals surface area (Å²) in [6.45, 7) is 0.0604. The number of aliphatic hydroxyl groups excluding tert-OH is 1. The normalized spacial score (nSPS) is 14.1. The molecule has 0 aromatic heterocycles. The van der Waals surface area contributed by atoms with E-state index in [0.29, 0.717) is 5.56 Å². The zero-order chi connectivity index (χ0) is 14.7. The lowest BCUT2D eigenvalue weighted by molar-refractivity contribution is 0.146. The third-order valence-corrected chi connectivity index (χ3v) is 3.16. The van der Waals surface area contributed by atoms with E-state index in [2.05, 4.69) is 0 Å². The molecular formula is C15H14F3NO. The molecule has 0 spiro atoms. The van der Waals surface area contributed by atoms with Gasteiger partial charge in [0.05, 0.1) is 6.10 Å². The molecule has 2 aromatic rings. The van der Waals surface area contributed by atoms with Gasteiger partial charge >= 0.3 is 0 Å². The second kappa shape index (κ2) is 6.07. The molecule has 2 aromatic carbocycles. The van der Waals surface area contributed by atoms with E-state index < -0.39 is 29.5 Å². The van der Waals surface area contributed by atoms with E-state index in [1.54, 1.807) is 0 Å². The van der Waals surface area contributed by atoms with Crippen molar-refractivity contribution in [2.24, 2.45) is 5.73 Å². The summed E-state index contributed by atoms with van der Waals surface area (Å²) in [6.07, 6.45) is -1.17. The van der Waals surface area contributed by atoms with Crippen molar-refractivity contribution in [1.29, 1.82) is 0 Å². The van der Waals surface area contributed by atoms with E-state index in [4.69, 9.17) is 5.73 Å². The summed E-state index contributed by atoms with van der Waals surface area (Å²) < 4.78 is 39.2. The van der Waals surface area contributed by atoms with Crippen molar-refractivity contribution >= 4 is 0 Å². The first-order chi connectivity index (χ1) is 9.51. The van der Waals surface area contributed by atoms with Crippen LogP contribution in [0.3, 0.4) is 0 Å². The molecule has 0 aliphatic heterocycles. The molecule has 0 aliphatic carbocycles. The minimum Gasteiger partial charge on any atom is -0.388 e. The molecule has 0 heterocycles. The largest absolute Gasteiger partial charge is 0.388 e. The van der Waals surface area contributed by atoms with Crippen LogP contribution in [-0.2, 0) is 0 Å². The smallest absolute Gasteiger partial charge is 0.126 e. The lowest BCUT2D eigenvalue weighted by Crippen LogP contribution is -2.20. The van der Waals surface area contributed by atoms with Gasteiger partial charge in [-0.25, -0.2) is 13.2 Å². The molecule has 0 aliphatic rings. The topological polar surface area (TPSA) is 46.2 Å².